The van der Waals surface area contributed by atoms with Gasteiger partial charge in [-0.1, -0.05) is 0 Å². The van der Waals surface area contributed by atoms with Gasteiger partial charge in [0.25, 0.3) is 0 Å². The van der Waals surface area contributed by atoms with E-state index in [1.807, 2.05) is 0 Å². The molecule has 1 saturated carbocycles. The average molecular weight is 256 g/mol. The molecule has 2 spiro atoms. The summed E-state index contributed by atoms with van der Waals surface area (Å²) in [6, 6.07) is 0. The van der Waals surface area contributed by atoms with Gasteiger partial charge in [0.2, 0.25) is 0 Å². The van der Waals surface area contributed by atoms with E-state index in [0.717, 1.165) is 77.8 Å². The average Bonchev–Trinajstić information content (AvgIpc) is 2.76. The van der Waals surface area contributed by atoms with E-state index in [9.17, 15) is 0 Å². The van der Waals surface area contributed by atoms with E-state index in [1.54, 1.807) is 0 Å². The fourth-order valence-electron chi connectivity index (χ4n) is 3.11. The molecule has 104 valence electrons. The maximum Gasteiger partial charge on any atom is 0.168 e. The number of ether oxygens (including phenoxy) is 4. The molecule has 3 fully saturated rings. The lowest BCUT2D eigenvalue weighted by molar-refractivity contribution is -0.306. The highest BCUT2D eigenvalue weighted by molar-refractivity contribution is 4.87. The molecular weight excluding hydrogens is 232 g/mol. The van der Waals surface area contributed by atoms with Crippen LogP contribution in [0, 0.1) is 0 Å². The molecule has 3 rings (SSSR count). The van der Waals surface area contributed by atoms with Gasteiger partial charge in [0, 0.05) is 25.7 Å². The SMILES string of the molecule is C1CCOC2(CCC3(CC2)OCCCCO3)OC1. The van der Waals surface area contributed by atoms with Gasteiger partial charge in [0.05, 0.1) is 26.4 Å². The summed E-state index contributed by atoms with van der Waals surface area (Å²) >= 11 is 0. The second kappa shape index (κ2) is 5.45. The second-order valence-corrected chi connectivity index (χ2v) is 5.63. The summed E-state index contributed by atoms with van der Waals surface area (Å²) < 4.78 is 23.9. The molecule has 4 nitrogen and oxygen atoms in total. The van der Waals surface area contributed by atoms with E-state index in [4.69, 9.17) is 18.9 Å². The van der Waals surface area contributed by atoms with E-state index in [0.29, 0.717) is 0 Å². The van der Waals surface area contributed by atoms with Crippen LogP contribution in [0.2, 0.25) is 0 Å². The quantitative estimate of drug-likeness (QED) is 0.667. The highest BCUT2D eigenvalue weighted by Crippen LogP contribution is 2.42. The number of hydrogen-bond acceptors (Lipinski definition) is 4. The van der Waals surface area contributed by atoms with Crippen molar-refractivity contribution in [2.75, 3.05) is 26.4 Å². The van der Waals surface area contributed by atoms with Crippen molar-refractivity contribution in [3.05, 3.63) is 0 Å². The van der Waals surface area contributed by atoms with Crippen LogP contribution in [0.1, 0.15) is 51.4 Å². The van der Waals surface area contributed by atoms with Crippen LogP contribution in [-0.2, 0) is 18.9 Å². The molecule has 1 aliphatic carbocycles. The first-order chi connectivity index (χ1) is 8.83. The molecule has 3 aliphatic rings. The molecule has 0 aromatic carbocycles. The van der Waals surface area contributed by atoms with Crippen LogP contribution in [0.25, 0.3) is 0 Å². The maximum absolute atomic E-state index is 5.96. The molecule has 2 saturated heterocycles. The van der Waals surface area contributed by atoms with Crippen LogP contribution in [0.4, 0.5) is 0 Å². The van der Waals surface area contributed by atoms with Crippen LogP contribution in [0.5, 0.6) is 0 Å². The third-order valence-corrected chi connectivity index (χ3v) is 4.31. The van der Waals surface area contributed by atoms with Crippen molar-refractivity contribution >= 4 is 0 Å². The minimum Gasteiger partial charge on any atom is -0.350 e. The standard InChI is InChI=1S/C14H24O4/c1-2-10-16-13(15-9-1)5-7-14(8-6-13)17-11-3-4-12-18-14/h1-12H2. The molecule has 18 heavy (non-hydrogen) atoms. The first kappa shape index (κ1) is 12.9. The van der Waals surface area contributed by atoms with Crippen molar-refractivity contribution in [2.24, 2.45) is 0 Å². The number of rotatable bonds is 0. The lowest BCUT2D eigenvalue weighted by atomic mass is 9.88. The first-order valence-electron chi connectivity index (χ1n) is 7.39. The molecule has 0 unspecified atom stereocenters. The highest BCUT2D eigenvalue weighted by atomic mass is 16.7. The van der Waals surface area contributed by atoms with Crippen LogP contribution in [0.15, 0.2) is 0 Å². The zero-order valence-electron chi connectivity index (χ0n) is 11.1. The lowest BCUT2D eigenvalue weighted by Crippen LogP contribution is -2.48. The summed E-state index contributed by atoms with van der Waals surface area (Å²) in [5.74, 6) is -0.693. The molecule has 4 heteroatoms. The monoisotopic (exact) mass is 256 g/mol. The van der Waals surface area contributed by atoms with Gasteiger partial charge in [-0.2, -0.15) is 0 Å². The largest absolute Gasteiger partial charge is 0.350 e. The Hall–Kier alpha value is -0.160. The molecule has 0 amide bonds. The fourth-order valence-corrected chi connectivity index (χ4v) is 3.11. The van der Waals surface area contributed by atoms with E-state index < -0.39 is 0 Å². The lowest BCUT2D eigenvalue weighted by Gasteiger charge is -2.44. The van der Waals surface area contributed by atoms with Crippen molar-refractivity contribution in [3.63, 3.8) is 0 Å². The molecular formula is C14H24O4. The zero-order chi connectivity index (χ0) is 12.3. The smallest absolute Gasteiger partial charge is 0.168 e. The second-order valence-electron chi connectivity index (χ2n) is 5.63. The Morgan fingerprint density at radius 2 is 0.722 bits per heavy atom. The van der Waals surface area contributed by atoms with Gasteiger partial charge in [0.1, 0.15) is 0 Å². The Bertz CT molecular complexity index is 223. The molecule has 0 atom stereocenters. The molecule has 0 aromatic heterocycles. The number of hydrogen-bond donors (Lipinski definition) is 0. The molecule has 2 heterocycles. The Labute approximate surface area is 109 Å². The van der Waals surface area contributed by atoms with Gasteiger partial charge in [-0.25, -0.2) is 0 Å². The molecule has 2 aliphatic heterocycles. The van der Waals surface area contributed by atoms with E-state index in [2.05, 4.69) is 0 Å². The highest BCUT2D eigenvalue weighted by Gasteiger charge is 2.46. The van der Waals surface area contributed by atoms with Gasteiger partial charge >= 0.3 is 0 Å². The van der Waals surface area contributed by atoms with Gasteiger partial charge < -0.3 is 18.9 Å². The Balaban J connectivity index is 1.62. The van der Waals surface area contributed by atoms with Crippen molar-refractivity contribution in [3.8, 4) is 0 Å². The van der Waals surface area contributed by atoms with Crippen molar-refractivity contribution in [1.29, 1.82) is 0 Å². The first-order valence-corrected chi connectivity index (χ1v) is 7.39. The summed E-state index contributed by atoms with van der Waals surface area (Å²) in [6.45, 7) is 3.31. The molecule has 0 radical (unpaired) electrons. The predicted molar refractivity (Wildman–Crippen MR) is 66.2 cm³/mol. The van der Waals surface area contributed by atoms with Crippen LogP contribution >= 0.6 is 0 Å². The van der Waals surface area contributed by atoms with Crippen molar-refractivity contribution in [1.82, 2.24) is 0 Å². The Kier molecular flexibility index (Phi) is 3.89. The minimum absolute atomic E-state index is 0.346. The molecule has 0 aromatic rings. The third-order valence-electron chi connectivity index (χ3n) is 4.31. The van der Waals surface area contributed by atoms with Crippen LogP contribution < -0.4 is 0 Å². The van der Waals surface area contributed by atoms with Gasteiger partial charge in [0.15, 0.2) is 11.6 Å². The third kappa shape index (κ3) is 2.72. The summed E-state index contributed by atoms with van der Waals surface area (Å²) in [7, 11) is 0. The van der Waals surface area contributed by atoms with E-state index in [1.165, 1.54) is 0 Å². The van der Waals surface area contributed by atoms with Crippen molar-refractivity contribution < 1.29 is 18.9 Å². The van der Waals surface area contributed by atoms with Gasteiger partial charge in [-0.05, 0) is 25.7 Å². The van der Waals surface area contributed by atoms with Gasteiger partial charge in [-0.15, -0.1) is 0 Å². The molecule has 0 N–H and O–H groups in total. The Morgan fingerprint density at radius 3 is 1.00 bits per heavy atom. The Morgan fingerprint density at radius 1 is 0.444 bits per heavy atom. The predicted octanol–water partition coefficient (Wildman–Crippen LogP) is 2.61. The minimum atomic E-state index is -0.346. The van der Waals surface area contributed by atoms with E-state index in [-0.39, 0.29) is 11.6 Å². The van der Waals surface area contributed by atoms with E-state index >= 15 is 0 Å². The van der Waals surface area contributed by atoms with Gasteiger partial charge in [-0.3, -0.25) is 0 Å². The maximum atomic E-state index is 5.96. The van der Waals surface area contributed by atoms with Crippen LogP contribution in [0.3, 0.4) is 0 Å². The summed E-state index contributed by atoms with van der Waals surface area (Å²) in [5.41, 5.74) is 0. The van der Waals surface area contributed by atoms with Crippen molar-refractivity contribution in [2.45, 2.75) is 62.9 Å². The molecule has 0 bridgehead atoms. The summed E-state index contributed by atoms with van der Waals surface area (Å²) in [4.78, 5) is 0. The fraction of sp³-hybridized carbons (Fsp3) is 1.00. The topological polar surface area (TPSA) is 36.9 Å². The van der Waals surface area contributed by atoms with Crippen LogP contribution in [-0.4, -0.2) is 38.0 Å². The summed E-state index contributed by atoms with van der Waals surface area (Å²) in [5, 5.41) is 0. The zero-order valence-corrected chi connectivity index (χ0v) is 11.1. The summed E-state index contributed by atoms with van der Waals surface area (Å²) in [6.07, 6.45) is 8.03. The normalized spacial score (nSPS) is 32.0.